The number of rotatable bonds is 9. The van der Waals surface area contributed by atoms with Gasteiger partial charge in [-0.2, -0.15) is 0 Å². The third-order valence-electron chi connectivity index (χ3n) is 3.91. The Balaban J connectivity index is 1.80. The van der Waals surface area contributed by atoms with E-state index in [-0.39, 0.29) is 18.6 Å². The number of hydrogen-bond donors (Lipinski definition) is 1. The van der Waals surface area contributed by atoms with Gasteiger partial charge in [0.2, 0.25) is 0 Å². The van der Waals surface area contributed by atoms with Gasteiger partial charge in [0, 0.05) is 32.1 Å². The Hall–Kier alpha value is -2.61. The van der Waals surface area contributed by atoms with Crippen LogP contribution in [-0.4, -0.2) is 57.2 Å². The van der Waals surface area contributed by atoms with Crippen LogP contribution in [0, 0.1) is 0 Å². The molecule has 0 aliphatic carbocycles. The molecule has 1 aliphatic rings. The van der Waals surface area contributed by atoms with E-state index >= 15 is 0 Å². The molecule has 8 heteroatoms. The predicted molar refractivity (Wildman–Crippen MR) is 96.1 cm³/mol. The van der Waals surface area contributed by atoms with E-state index in [0.29, 0.717) is 43.4 Å². The molecule has 0 bridgehead atoms. The maximum absolute atomic E-state index is 12.3. The smallest absolute Gasteiger partial charge is 0.307 e. The summed E-state index contributed by atoms with van der Waals surface area (Å²) >= 11 is 0. The number of carbonyl (C=O) groups is 3. The minimum atomic E-state index is -0.928. The first-order valence-electron chi connectivity index (χ1n) is 8.90. The number of ketones is 1. The zero-order chi connectivity index (χ0) is 19.6. The number of nitrogens with one attached hydrogen (secondary N) is 1. The van der Waals surface area contributed by atoms with Gasteiger partial charge in [0.15, 0.2) is 23.4 Å². The van der Waals surface area contributed by atoms with Crippen LogP contribution in [0.1, 0.15) is 36.5 Å². The number of methoxy groups -OCH3 is 1. The van der Waals surface area contributed by atoms with Crippen molar-refractivity contribution in [2.45, 2.75) is 32.3 Å². The number of hydrogen-bond acceptors (Lipinski definition) is 7. The van der Waals surface area contributed by atoms with Crippen LogP contribution in [0.2, 0.25) is 0 Å². The Kier molecular flexibility index (Phi) is 8.06. The van der Waals surface area contributed by atoms with Gasteiger partial charge < -0.3 is 24.3 Å². The topological polar surface area (TPSA) is 100 Å². The fourth-order valence-electron chi connectivity index (χ4n) is 2.43. The lowest BCUT2D eigenvalue weighted by molar-refractivity contribution is -0.154. The molecule has 0 saturated heterocycles. The summed E-state index contributed by atoms with van der Waals surface area (Å²) in [6, 6.07) is 4.96. The van der Waals surface area contributed by atoms with Crippen molar-refractivity contribution in [2.75, 3.05) is 33.5 Å². The van der Waals surface area contributed by atoms with Gasteiger partial charge in [-0.1, -0.05) is 0 Å². The van der Waals surface area contributed by atoms with E-state index in [4.69, 9.17) is 18.9 Å². The second kappa shape index (κ2) is 10.5. The molecule has 0 saturated carbocycles. The number of carbonyl (C=O) groups excluding carboxylic acids is 3. The summed E-state index contributed by atoms with van der Waals surface area (Å²) in [6.45, 7) is 3.28. The van der Waals surface area contributed by atoms with E-state index in [2.05, 4.69) is 5.32 Å². The second-order valence-electron chi connectivity index (χ2n) is 6.05. The fraction of sp³-hybridized carbons (Fsp3) is 0.526. The largest absolute Gasteiger partial charge is 0.490 e. The average molecular weight is 379 g/mol. The van der Waals surface area contributed by atoms with Crippen molar-refractivity contribution in [3.8, 4) is 11.5 Å². The van der Waals surface area contributed by atoms with Crippen molar-refractivity contribution < 1.29 is 33.3 Å². The summed E-state index contributed by atoms with van der Waals surface area (Å²) in [6.07, 6.45) is -0.275. The van der Waals surface area contributed by atoms with E-state index in [1.165, 1.54) is 14.0 Å². The van der Waals surface area contributed by atoms with Crippen molar-refractivity contribution in [1.29, 1.82) is 0 Å². The molecule has 1 N–H and O–H groups in total. The van der Waals surface area contributed by atoms with Crippen molar-refractivity contribution >= 4 is 17.7 Å². The maximum Gasteiger partial charge on any atom is 0.307 e. The Morgan fingerprint density at radius 3 is 2.63 bits per heavy atom. The standard InChI is InChI=1S/C19H25NO7/c1-13(19(23)20-8-11-24-2)27-18(22)7-5-15(21)14-4-6-16-17(12-14)26-10-3-9-25-16/h4,6,12-13H,3,5,7-11H2,1-2H3,(H,20,23)/t13-/m0/s1. The highest BCUT2D eigenvalue weighted by Crippen LogP contribution is 2.30. The van der Waals surface area contributed by atoms with Crippen LogP contribution in [0.15, 0.2) is 18.2 Å². The molecule has 1 aliphatic heterocycles. The van der Waals surface area contributed by atoms with Gasteiger partial charge in [-0.05, 0) is 25.1 Å². The molecule has 0 spiro atoms. The molecule has 2 rings (SSSR count). The molecule has 1 amide bonds. The van der Waals surface area contributed by atoms with E-state index < -0.39 is 18.0 Å². The Morgan fingerprint density at radius 2 is 1.89 bits per heavy atom. The number of ether oxygens (including phenoxy) is 4. The van der Waals surface area contributed by atoms with E-state index in [1.54, 1.807) is 18.2 Å². The predicted octanol–water partition coefficient (Wildman–Crippen LogP) is 1.51. The second-order valence-corrected chi connectivity index (χ2v) is 6.05. The van der Waals surface area contributed by atoms with Crippen LogP contribution < -0.4 is 14.8 Å². The van der Waals surface area contributed by atoms with Crippen LogP contribution in [0.4, 0.5) is 0 Å². The molecular formula is C19H25NO7. The summed E-state index contributed by atoms with van der Waals surface area (Å²) in [7, 11) is 1.52. The molecule has 0 aromatic heterocycles. The summed E-state index contributed by atoms with van der Waals surface area (Å²) in [4.78, 5) is 35.9. The maximum atomic E-state index is 12.3. The van der Waals surface area contributed by atoms with E-state index in [0.717, 1.165) is 6.42 Å². The lowest BCUT2D eigenvalue weighted by atomic mass is 10.1. The molecule has 0 unspecified atom stereocenters. The third-order valence-corrected chi connectivity index (χ3v) is 3.91. The molecule has 1 atom stereocenters. The van der Waals surface area contributed by atoms with Gasteiger partial charge in [-0.3, -0.25) is 14.4 Å². The molecule has 27 heavy (non-hydrogen) atoms. The van der Waals surface area contributed by atoms with Crippen molar-refractivity contribution in [3.63, 3.8) is 0 Å². The van der Waals surface area contributed by atoms with Gasteiger partial charge in [0.1, 0.15) is 0 Å². The molecular weight excluding hydrogens is 354 g/mol. The van der Waals surface area contributed by atoms with Gasteiger partial charge >= 0.3 is 5.97 Å². The lowest BCUT2D eigenvalue weighted by Gasteiger charge is -2.13. The Labute approximate surface area is 158 Å². The first-order valence-corrected chi connectivity index (χ1v) is 8.90. The number of fused-ring (bicyclic) bond motifs is 1. The molecule has 1 aromatic rings. The zero-order valence-electron chi connectivity index (χ0n) is 15.6. The van der Waals surface area contributed by atoms with Crippen molar-refractivity contribution in [1.82, 2.24) is 5.32 Å². The Bertz CT molecular complexity index is 674. The van der Waals surface area contributed by atoms with Gasteiger partial charge in [-0.25, -0.2) is 0 Å². The summed E-state index contributed by atoms with van der Waals surface area (Å²) in [5.74, 6) is -0.0828. The first-order chi connectivity index (χ1) is 13.0. The molecule has 1 aromatic carbocycles. The van der Waals surface area contributed by atoms with Crippen LogP contribution >= 0.6 is 0 Å². The minimum Gasteiger partial charge on any atom is -0.490 e. The van der Waals surface area contributed by atoms with Gasteiger partial charge in [0.25, 0.3) is 5.91 Å². The normalized spacial score (nSPS) is 14.0. The van der Waals surface area contributed by atoms with Crippen LogP contribution in [0.25, 0.3) is 0 Å². The average Bonchev–Trinajstić information content (AvgIpc) is 2.90. The SMILES string of the molecule is COCCNC(=O)[C@H](C)OC(=O)CCC(=O)c1ccc2c(c1)OCCCO2. The molecule has 0 fully saturated rings. The number of amides is 1. The summed E-state index contributed by atoms with van der Waals surface area (Å²) < 4.78 is 21.0. The molecule has 1 heterocycles. The van der Waals surface area contributed by atoms with Crippen LogP contribution in [0.3, 0.4) is 0 Å². The Morgan fingerprint density at radius 1 is 1.15 bits per heavy atom. The summed E-state index contributed by atoms with van der Waals surface area (Å²) in [5.41, 5.74) is 0.442. The zero-order valence-corrected chi connectivity index (χ0v) is 15.6. The highest BCUT2D eigenvalue weighted by atomic mass is 16.5. The van der Waals surface area contributed by atoms with Crippen LogP contribution in [-0.2, 0) is 19.1 Å². The molecule has 0 radical (unpaired) electrons. The minimum absolute atomic E-state index is 0.0174. The quantitative estimate of drug-likeness (QED) is 0.394. The first kappa shape index (κ1) is 20.7. The highest BCUT2D eigenvalue weighted by Gasteiger charge is 2.19. The highest BCUT2D eigenvalue weighted by molar-refractivity contribution is 5.98. The molecule has 148 valence electrons. The van der Waals surface area contributed by atoms with Crippen molar-refractivity contribution in [2.24, 2.45) is 0 Å². The fourth-order valence-corrected chi connectivity index (χ4v) is 2.43. The summed E-state index contributed by atoms with van der Waals surface area (Å²) in [5, 5.41) is 2.58. The third kappa shape index (κ3) is 6.56. The van der Waals surface area contributed by atoms with Gasteiger partial charge in [-0.15, -0.1) is 0 Å². The monoisotopic (exact) mass is 379 g/mol. The van der Waals surface area contributed by atoms with Crippen LogP contribution in [0.5, 0.6) is 11.5 Å². The van der Waals surface area contributed by atoms with E-state index in [1.807, 2.05) is 0 Å². The van der Waals surface area contributed by atoms with E-state index in [9.17, 15) is 14.4 Å². The van der Waals surface area contributed by atoms with Crippen molar-refractivity contribution in [3.05, 3.63) is 23.8 Å². The number of benzene rings is 1. The van der Waals surface area contributed by atoms with Gasteiger partial charge in [0.05, 0.1) is 26.2 Å². The molecule has 8 nitrogen and oxygen atoms in total. The lowest BCUT2D eigenvalue weighted by Crippen LogP contribution is -2.37. The number of Topliss-reactive ketones (excluding diaryl/α,β-unsaturated/α-hetero) is 1. The number of esters is 1.